The van der Waals surface area contributed by atoms with Crippen LogP contribution in [0.2, 0.25) is 0 Å². The van der Waals surface area contributed by atoms with E-state index in [1.807, 2.05) is 32.3 Å². The van der Waals surface area contributed by atoms with Crippen LogP contribution in [0, 0.1) is 13.8 Å². The quantitative estimate of drug-likeness (QED) is 0.710. The van der Waals surface area contributed by atoms with Crippen LogP contribution in [-0.2, 0) is 6.54 Å². The lowest BCUT2D eigenvalue weighted by Gasteiger charge is -2.24. The highest BCUT2D eigenvalue weighted by molar-refractivity contribution is 5.32. The molecule has 1 atom stereocenters. The number of likely N-dealkylation sites (N-methyl/N-ethyl adjacent to an activating group) is 2. The first-order valence-electron chi connectivity index (χ1n) is 9.22. The van der Waals surface area contributed by atoms with Crippen molar-refractivity contribution in [1.82, 2.24) is 9.80 Å². The lowest BCUT2D eigenvalue weighted by atomic mass is 10.1. The molecule has 142 valence electrons. The number of ether oxygens (including phenoxy) is 1. The maximum Gasteiger partial charge on any atom is 0.119 e. The topological polar surface area (TPSA) is 35.9 Å². The highest BCUT2D eigenvalue weighted by Gasteiger charge is 2.11. The van der Waals surface area contributed by atoms with Gasteiger partial charge in [-0.25, -0.2) is 0 Å². The van der Waals surface area contributed by atoms with Crippen molar-refractivity contribution in [3.05, 3.63) is 65.2 Å². The minimum atomic E-state index is -0.380. The number of aliphatic hydroxyl groups excluding tert-OH is 1. The second-order valence-corrected chi connectivity index (χ2v) is 7.27. The molecule has 0 saturated carbocycles. The molecule has 0 saturated heterocycles. The third-order valence-corrected chi connectivity index (χ3v) is 4.28. The Bertz CT molecular complexity index is 640. The summed E-state index contributed by atoms with van der Waals surface area (Å²) < 4.78 is 5.85. The maximum absolute atomic E-state index is 10.3. The second-order valence-electron chi connectivity index (χ2n) is 7.27. The van der Waals surface area contributed by atoms with E-state index in [0.717, 1.165) is 18.8 Å². The van der Waals surface area contributed by atoms with Crippen molar-refractivity contribution in [3.8, 4) is 5.75 Å². The Morgan fingerprint density at radius 1 is 0.923 bits per heavy atom. The van der Waals surface area contributed by atoms with E-state index in [1.54, 1.807) is 0 Å². The molecule has 2 rings (SSSR count). The van der Waals surface area contributed by atoms with Gasteiger partial charge in [-0.05, 0) is 56.8 Å². The third kappa shape index (κ3) is 7.56. The zero-order valence-corrected chi connectivity index (χ0v) is 16.5. The smallest absolute Gasteiger partial charge is 0.119 e. The van der Waals surface area contributed by atoms with Gasteiger partial charge in [-0.2, -0.15) is 0 Å². The summed E-state index contributed by atoms with van der Waals surface area (Å²) in [5.41, 5.74) is 3.69. The molecule has 0 fully saturated rings. The molecule has 0 aliphatic carbocycles. The van der Waals surface area contributed by atoms with Gasteiger partial charge in [-0.15, -0.1) is 0 Å². The number of hydrogen-bond donors (Lipinski definition) is 1. The minimum Gasteiger partial charge on any atom is -0.492 e. The predicted molar refractivity (Wildman–Crippen MR) is 108 cm³/mol. The molecule has 0 aliphatic rings. The van der Waals surface area contributed by atoms with Gasteiger partial charge in [0.2, 0.25) is 0 Å². The summed E-state index contributed by atoms with van der Waals surface area (Å²) in [5.74, 6) is 0.916. The fourth-order valence-electron chi connectivity index (χ4n) is 3.16. The molecule has 1 N–H and O–H groups in total. The number of aliphatic hydroxyl groups is 1. The SMILES string of the molecule is Cc1cc(C)cc(OCCN(C)CC(O)CN(C)Cc2ccccc2)c1. The van der Waals surface area contributed by atoms with Crippen LogP contribution in [0.25, 0.3) is 0 Å². The van der Waals surface area contributed by atoms with Gasteiger partial charge in [-0.1, -0.05) is 36.4 Å². The van der Waals surface area contributed by atoms with Crippen molar-refractivity contribution < 1.29 is 9.84 Å². The molecule has 0 aliphatic heterocycles. The number of nitrogens with zero attached hydrogens (tertiary/aromatic N) is 2. The number of benzene rings is 2. The van der Waals surface area contributed by atoms with Crippen LogP contribution >= 0.6 is 0 Å². The lowest BCUT2D eigenvalue weighted by Crippen LogP contribution is -2.38. The van der Waals surface area contributed by atoms with Crippen LogP contribution in [0.5, 0.6) is 5.75 Å². The first-order valence-corrected chi connectivity index (χ1v) is 9.22. The van der Waals surface area contributed by atoms with E-state index < -0.39 is 0 Å². The van der Waals surface area contributed by atoms with Crippen LogP contribution in [-0.4, -0.2) is 61.3 Å². The van der Waals surface area contributed by atoms with Gasteiger partial charge in [0, 0.05) is 26.2 Å². The second kappa shape index (κ2) is 10.3. The van der Waals surface area contributed by atoms with Gasteiger partial charge >= 0.3 is 0 Å². The van der Waals surface area contributed by atoms with Crippen LogP contribution in [0.15, 0.2) is 48.5 Å². The van der Waals surface area contributed by atoms with Crippen molar-refractivity contribution >= 4 is 0 Å². The van der Waals surface area contributed by atoms with Gasteiger partial charge < -0.3 is 14.7 Å². The van der Waals surface area contributed by atoms with Crippen molar-refractivity contribution in [2.75, 3.05) is 40.3 Å². The zero-order chi connectivity index (χ0) is 18.9. The Balaban J connectivity index is 1.67. The summed E-state index contributed by atoms with van der Waals surface area (Å²) in [6.45, 7) is 7.69. The summed E-state index contributed by atoms with van der Waals surface area (Å²) >= 11 is 0. The van der Waals surface area contributed by atoms with E-state index in [1.165, 1.54) is 16.7 Å². The van der Waals surface area contributed by atoms with E-state index in [9.17, 15) is 5.11 Å². The lowest BCUT2D eigenvalue weighted by molar-refractivity contribution is 0.0841. The summed E-state index contributed by atoms with van der Waals surface area (Å²) in [4.78, 5) is 4.27. The van der Waals surface area contributed by atoms with E-state index in [2.05, 4.69) is 54.0 Å². The van der Waals surface area contributed by atoms with Gasteiger partial charge in [0.05, 0.1) is 6.10 Å². The van der Waals surface area contributed by atoms with Crippen LogP contribution in [0.1, 0.15) is 16.7 Å². The van der Waals surface area contributed by atoms with Crippen molar-refractivity contribution in [1.29, 1.82) is 0 Å². The summed E-state index contributed by atoms with van der Waals surface area (Å²) in [7, 11) is 4.06. The van der Waals surface area contributed by atoms with Gasteiger partial charge in [0.25, 0.3) is 0 Å². The van der Waals surface area contributed by atoms with E-state index >= 15 is 0 Å². The molecule has 2 aromatic carbocycles. The Labute approximate surface area is 158 Å². The summed E-state index contributed by atoms with van der Waals surface area (Å²) in [6, 6.07) is 16.6. The molecule has 0 bridgehead atoms. The standard InChI is InChI=1S/C22H32N2O2/c1-18-12-19(2)14-22(13-18)26-11-10-23(3)16-21(25)17-24(4)15-20-8-6-5-7-9-20/h5-9,12-14,21,25H,10-11,15-17H2,1-4H3. The predicted octanol–water partition coefficient (Wildman–Crippen LogP) is 3.11. The number of hydrogen-bond acceptors (Lipinski definition) is 4. The first-order chi connectivity index (χ1) is 12.4. The fraction of sp³-hybridized carbons (Fsp3) is 0.455. The fourth-order valence-corrected chi connectivity index (χ4v) is 3.16. The molecule has 4 nitrogen and oxygen atoms in total. The average Bonchev–Trinajstić information content (AvgIpc) is 2.54. The third-order valence-electron chi connectivity index (χ3n) is 4.28. The van der Waals surface area contributed by atoms with Crippen molar-refractivity contribution in [2.45, 2.75) is 26.5 Å². The summed E-state index contributed by atoms with van der Waals surface area (Å²) in [6.07, 6.45) is -0.380. The Morgan fingerprint density at radius 3 is 2.19 bits per heavy atom. The van der Waals surface area contributed by atoms with E-state index in [4.69, 9.17) is 4.74 Å². The molecule has 1 unspecified atom stereocenters. The highest BCUT2D eigenvalue weighted by atomic mass is 16.5. The van der Waals surface area contributed by atoms with Crippen LogP contribution in [0.3, 0.4) is 0 Å². The van der Waals surface area contributed by atoms with E-state index in [0.29, 0.717) is 19.7 Å². The van der Waals surface area contributed by atoms with Gasteiger partial charge in [0.15, 0.2) is 0 Å². The molecule has 4 heteroatoms. The van der Waals surface area contributed by atoms with Crippen LogP contribution in [0.4, 0.5) is 0 Å². The molecule has 0 heterocycles. The van der Waals surface area contributed by atoms with E-state index in [-0.39, 0.29) is 6.10 Å². The maximum atomic E-state index is 10.3. The largest absolute Gasteiger partial charge is 0.492 e. The average molecular weight is 357 g/mol. The van der Waals surface area contributed by atoms with Gasteiger partial charge in [0.1, 0.15) is 12.4 Å². The number of aryl methyl sites for hydroxylation is 2. The molecule has 0 spiro atoms. The molecule has 26 heavy (non-hydrogen) atoms. The molecule has 0 aromatic heterocycles. The first kappa shape index (κ1) is 20.4. The van der Waals surface area contributed by atoms with Crippen molar-refractivity contribution in [2.24, 2.45) is 0 Å². The summed E-state index contributed by atoms with van der Waals surface area (Å²) in [5, 5.41) is 10.3. The zero-order valence-electron chi connectivity index (χ0n) is 16.5. The normalized spacial score (nSPS) is 12.6. The molecule has 2 aromatic rings. The molecular formula is C22H32N2O2. The van der Waals surface area contributed by atoms with Crippen molar-refractivity contribution in [3.63, 3.8) is 0 Å². The highest BCUT2D eigenvalue weighted by Crippen LogP contribution is 2.16. The minimum absolute atomic E-state index is 0.380. The molecular weight excluding hydrogens is 324 g/mol. The Kier molecular flexibility index (Phi) is 8.10. The molecule has 0 radical (unpaired) electrons. The Hall–Kier alpha value is -1.88. The Morgan fingerprint density at radius 2 is 1.54 bits per heavy atom. The monoisotopic (exact) mass is 356 g/mol. The number of rotatable bonds is 10. The molecule has 0 amide bonds. The van der Waals surface area contributed by atoms with Gasteiger partial charge in [-0.3, -0.25) is 4.90 Å². The van der Waals surface area contributed by atoms with Crippen LogP contribution < -0.4 is 4.74 Å².